The molecule has 0 fully saturated rings. The van der Waals surface area contributed by atoms with Crippen LogP contribution >= 0.6 is 0 Å². The molecule has 0 heterocycles. The predicted molar refractivity (Wildman–Crippen MR) is 73.9 cm³/mol. The predicted octanol–water partition coefficient (Wildman–Crippen LogP) is 2.99. The Morgan fingerprint density at radius 2 is 1.78 bits per heavy atom. The summed E-state index contributed by atoms with van der Waals surface area (Å²) in [7, 11) is 0. The largest absolute Gasteiger partial charge is 0.481 e. The number of amides is 1. The lowest BCUT2D eigenvalue weighted by molar-refractivity contribution is -0.127. The molecule has 0 saturated heterocycles. The van der Waals surface area contributed by atoms with Gasteiger partial charge in [-0.2, -0.15) is 0 Å². The van der Waals surface area contributed by atoms with Crippen LogP contribution in [0.1, 0.15) is 38.3 Å². The zero-order valence-electron chi connectivity index (χ0n) is 11.9. The van der Waals surface area contributed by atoms with Crippen LogP contribution in [0.3, 0.4) is 0 Å². The van der Waals surface area contributed by atoms with Crippen molar-refractivity contribution in [2.24, 2.45) is 0 Å². The van der Waals surface area contributed by atoms with Gasteiger partial charge in [-0.25, -0.2) is 0 Å². The van der Waals surface area contributed by atoms with Gasteiger partial charge in [0.1, 0.15) is 5.75 Å². The SMILES string of the molecule is CC[C@H](C)NC(=O)[C@@H](C)Oc1cc(C)cc(C)c1. The van der Waals surface area contributed by atoms with Gasteiger partial charge in [-0.1, -0.05) is 13.0 Å². The molecule has 0 bridgehead atoms. The van der Waals surface area contributed by atoms with Crippen LogP contribution in [0.5, 0.6) is 5.75 Å². The lowest BCUT2D eigenvalue weighted by atomic mass is 10.1. The van der Waals surface area contributed by atoms with Gasteiger partial charge in [0.15, 0.2) is 6.10 Å². The van der Waals surface area contributed by atoms with Crippen molar-refractivity contribution in [1.29, 1.82) is 0 Å². The third-order valence-electron chi connectivity index (χ3n) is 2.88. The van der Waals surface area contributed by atoms with Crippen LogP contribution in [0.15, 0.2) is 18.2 Å². The number of ether oxygens (including phenoxy) is 1. The summed E-state index contributed by atoms with van der Waals surface area (Å²) in [4.78, 5) is 11.9. The van der Waals surface area contributed by atoms with Crippen LogP contribution in [0, 0.1) is 13.8 Å². The van der Waals surface area contributed by atoms with E-state index in [1.807, 2.05) is 39.8 Å². The smallest absolute Gasteiger partial charge is 0.260 e. The molecule has 1 rings (SSSR count). The van der Waals surface area contributed by atoms with Gasteiger partial charge in [0.25, 0.3) is 5.91 Å². The Morgan fingerprint density at radius 1 is 1.22 bits per heavy atom. The van der Waals surface area contributed by atoms with Crippen LogP contribution in [0.4, 0.5) is 0 Å². The summed E-state index contributed by atoms with van der Waals surface area (Å²) in [6.45, 7) is 9.84. The Hall–Kier alpha value is -1.51. The molecule has 0 aromatic heterocycles. The number of aryl methyl sites for hydroxylation is 2. The average Bonchev–Trinajstić information content (AvgIpc) is 2.27. The first-order chi connectivity index (χ1) is 8.42. The standard InChI is InChI=1S/C15H23NO2/c1-6-12(4)16-15(17)13(5)18-14-8-10(2)7-11(3)9-14/h7-9,12-13H,6H2,1-5H3,(H,16,17)/t12-,13+/m0/s1. The van der Waals surface area contributed by atoms with E-state index in [2.05, 4.69) is 11.4 Å². The van der Waals surface area contributed by atoms with E-state index >= 15 is 0 Å². The molecule has 0 aliphatic heterocycles. The van der Waals surface area contributed by atoms with Crippen molar-refractivity contribution < 1.29 is 9.53 Å². The summed E-state index contributed by atoms with van der Waals surface area (Å²) < 4.78 is 5.67. The van der Waals surface area contributed by atoms with Crippen LogP contribution in [0.2, 0.25) is 0 Å². The van der Waals surface area contributed by atoms with Crippen molar-refractivity contribution in [3.8, 4) is 5.75 Å². The summed E-state index contributed by atoms with van der Waals surface area (Å²) in [5.41, 5.74) is 2.28. The van der Waals surface area contributed by atoms with E-state index in [0.29, 0.717) is 0 Å². The third kappa shape index (κ3) is 4.40. The lowest BCUT2D eigenvalue weighted by Crippen LogP contribution is -2.40. The fourth-order valence-electron chi connectivity index (χ4n) is 1.72. The minimum Gasteiger partial charge on any atom is -0.481 e. The molecule has 18 heavy (non-hydrogen) atoms. The molecule has 2 atom stereocenters. The van der Waals surface area contributed by atoms with Gasteiger partial charge < -0.3 is 10.1 Å². The molecule has 1 N–H and O–H groups in total. The molecule has 3 heteroatoms. The Bertz CT molecular complexity index is 395. The molecule has 0 unspecified atom stereocenters. The van der Waals surface area contributed by atoms with Crippen molar-refractivity contribution in [3.05, 3.63) is 29.3 Å². The minimum absolute atomic E-state index is 0.0662. The topological polar surface area (TPSA) is 38.3 Å². The lowest BCUT2D eigenvalue weighted by Gasteiger charge is -2.18. The maximum absolute atomic E-state index is 11.9. The molecular formula is C15H23NO2. The number of carbonyl (C=O) groups excluding carboxylic acids is 1. The third-order valence-corrected chi connectivity index (χ3v) is 2.88. The van der Waals surface area contributed by atoms with Gasteiger partial charge in [-0.3, -0.25) is 4.79 Å². The number of nitrogens with one attached hydrogen (secondary N) is 1. The monoisotopic (exact) mass is 249 g/mol. The second-order valence-corrected chi connectivity index (χ2v) is 4.90. The summed E-state index contributed by atoms with van der Waals surface area (Å²) in [6, 6.07) is 6.15. The van der Waals surface area contributed by atoms with Crippen molar-refractivity contribution in [2.45, 2.75) is 53.2 Å². The highest BCUT2D eigenvalue weighted by Gasteiger charge is 2.16. The zero-order valence-corrected chi connectivity index (χ0v) is 11.9. The van der Waals surface area contributed by atoms with Crippen LogP contribution in [-0.2, 0) is 4.79 Å². The fourth-order valence-corrected chi connectivity index (χ4v) is 1.72. The maximum atomic E-state index is 11.9. The number of rotatable bonds is 5. The number of hydrogen-bond acceptors (Lipinski definition) is 2. The number of carbonyl (C=O) groups is 1. The number of benzene rings is 1. The van der Waals surface area contributed by atoms with E-state index in [0.717, 1.165) is 23.3 Å². The van der Waals surface area contributed by atoms with Crippen molar-refractivity contribution in [2.75, 3.05) is 0 Å². The second kappa shape index (κ2) is 6.43. The first-order valence-electron chi connectivity index (χ1n) is 6.47. The van der Waals surface area contributed by atoms with E-state index in [1.165, 1.54) is 0 Å². The molecule has 1 aromatic rings. The Labute approximate surface area is 110 Å². The highest BCUT2D eigenvalue weighted by molar-refractivity contribution is 5.80. The molecule has 0 saturated carbocycles. The molecule has 100 valence electrons. The van der Waals surface area contributed by atoms with E-state index in [1.54, 1.807) is 6.92 Å². The average molecular weight is 249 g/mol. The quantitative estimate of drug-likeness (QED) is 0.871. The maximum Gasteiger partial charge on any atom is 0.260 e. The first-order valence-corrected chi connectivity index (χ1v) is 6.47. The van der Waals surface area contributed by atoms with Gasteiger partial charge in [-0.05, 0) is 57.4 Å². The van der Waals surface area contributed by atoms with Gasteiger partial charge in [0, 0.05) is 6.04 Å². The second-order valence-electron chi connectivity index (χ2n) is 4.90. The van der Waals surface area contributed by atoms with Crippen molar-refractivity contribution >= 4 is 5.91 Å². The van der Waals surface area contributed by atoms with Crippen molar-refractivity contribution in [3.63, 3.8) is 0 Å². The molecule has 0 spiro atoms. The normalized spacial score (nSPS) is 13.8. The fraction of sp³-hybridized carbons (Fsp3) is 0.533. The Kier molecular flexibility index (Phi) is 5.20. The van der Waals surface area contributed by atoms with E-state index < -0.39 is 6.10 Å². The van der Waals surface area contributed by atoms with Crippen molar-refractivity contribution in [1.82, 2.24) is 5.32 Å². The molecule has 0 aliphatic rings. The summed E-state index contributed by atoms with van der Waals surface area (Å²) >= 11 is 0. The minimum atomic E-state index is -0.472. The van der Waals surface area contributed by atoms with Crippen LogP contribution in [-0.4, -0.2) is 18.1 Å². The van der Waals surface area contributed by atoms with E-state index in [-0.39, 0.29) is 11.9 Å². The van der Waals surface area contributed by atoms with Gasteiger partial charge in [0.2, 0.25) is 0 Å². The summed E-state index contributed by atoms with van der Waals surface area (Å²) in [5, 5.41) is 2.91. The first kappa shape index (κ1) is 14.6. The molecule has 3 nitrogen and oxygen atoms in total. The van der Waals surface area contributed by atoms with Gasteiger partial charge in [-0.15, -0.1) is 0 Å². The molecule has 0 aliphatic carbocycles. The molecule has 1 aromatic carbocycles. The highest BCUT2D eigenvalue weighted by Crippen LogP contribution is 2.17. The Balaban J connectivity index is 2.63. The van der Waals surface area contributed by atoms with Gasteiger partial charge in [0.05, 0.1) is 0 Å². The van der Waals surface area contributed by atoms with Gasteiger partial charge >= 0.3 is 0 Å². The molecular weight excluding hydrogens is 226 g/mol. The van der Waals surface area contributed by atoms with E-state index in [9.17, 15) is 4.79 Å². The van der Waals surface area contributed by atoms with Crippen LogP contribution in [0.25, 0.3) is 0 Å². The van der Waals surface area contributed by atoms with E-state index in [4.69, 9.17) is 4.74 Å². The Morgan fingerprint density at radius 3 is 2.28 bits per heavy atom. The summed E-state index contributed by atoms with van der Waals surface area (Å²) in [6.07, 6.45) is 0.447. The van der Waals surface area contributed by atoms with Crippen LogP contribution < -0.4 is 10.1 Å². The molecule has 0 radical (unpaired) electrons. The highest BCUT2D eigenvalue weighted by atomic mass is 16.5. The molecule has 1 amide bonds. The number of hydrogen-bond donors (Lipinski definition) is 1. The summed E-state index contributed by atoms with van der Waals surface area (Å²) in [5.74, 6) is 0.683. The zero-order chi connectivity index (χ0) is 13.7.